The summed E-state index contributed by atoms with van der Waals surface area (Å²) in [5.41, 5.74) is 1.62. The third kappa shape index (κ3) is 5.11. The summed E-state index contributed by atoms with van der Waals surface area (Å²) in [5, 5.41) is 6.66. The van der Waals surface area contributed by atoms with E-state index >= 15 is 8.78 Å². The van der Waals surface area contributed by atoms with E-state index in [4.69, 9.17) is 4.74 Å². The van der Waals surface area contributed by atoms with Gasteiger partial charge >= 0.3 is 5.25 Å². The fourth-order valence-electron chi connectivity index (χ4n) is 8.81. The highest BCUT2D eigenvalue weighted by Crippen LogP contribution is 2.61. The predicted octanol–water partition coefficient (Wildman–Crippen LogP) is 7.28. The topological polar surface area (TPSA) is 63.6 Å². The first-order valence-electron chi connectivity index (χ1n) is 15.1. The summed E-state index contributed by atoms with van der Waals surface area (Å²) in [6.07, 6.45) is 6.72. The first-order valence-corrected chi connectivity index (χ1v) is 16.6. The third-order valence-corrected chi connectivity index (χ3v) is 12.4. The molecule has 4 nitrogen and oxygen atoms in total. The van der Waals surface area contributed by atoms with Crippen LogP contribution in [0.25, 0.3) is 0 Å². The maximum Gasteiger partial charge on any atom is 0.369 e. The highest BCUT2D eigenvalue weighted by Gasteiger charge is 2.61. The molecular formula is C35H40F2O4S. The zero-order valence-electron chi connectivity index (χ0n) is 24.1. The van der Waals surface area contributed by atoms with Crippen molar-refractivity contribution >= 4 is 9.84 Å². The molecule has 4 saturated carbocycles. The first kappa shape index (κ1) is 29.5. The molecule has 1 atom stereocenters. The van der Waals surface area contributed by atoms with Gasteiger partial charge in [0.25, 0.3) is 0 Å². The van der Waals surface area contributed by atoms with Crippen LogP contribution >= 0.6 is 0 Å². The SMILES string of the molecule is Cc1ccc(C(c2ccccc2)(c2ccccc2)S(=O)(=O)C(F)(F)COCC(O)CC23CC4CC(CC(C4)C2)C3)cc1. The Hall–Kier alpha value is -2.61. The van der Waals surface area contributed by atoms with Crippen molar-refractivity contribution in [1.29, 1.82) is 0 Å². The van der Waals surface area contributed by atoms with E-state index in [-0.39, 0.29) is 28.7 Å². The Kier molecular flexibility index (Phi) is 7.82. The lowest BCUT2D eigenvalue weighted by Crippen LogP contribution is -2.50. The molecule has 1 N–H and O–H groups in total. The van der Waals surface area contributed by atoms with Gasteiger partial charge in [0.05, 0.1) is 12.7 Å². The van der Waals surface area contributed by atoms with E-state index in [0.29, 0.717) is 24.2 Å². The van der Waals surface area contributed by atoms with Gasteiger partial charge in [-0.15, -0.1) is 0 Å². The molecule has 0 aromatic heterocycles. The standard InChI is InChI=1S/C35H40F2O4S/c1-25-12-14-31(15-13-25)35(29-8-4-2-5-9-29,30-10-6-3-7-11-30)42(39,40)34(36,37)24-41-23-32(38)22-33-19-26-16-27(20-33)18-28(17-26)21-33/h2-15,26-28,32,38H,16-24H2,1H3. The summed E-state index contributed by atoms with van der Waals surface area (Å²) in [6.45, 7) is 0.212. The molecule has 1 unspecified atom stereocenters. The Labute approximate surface area is 248 Å². The number of hydrogen-bond acceptors (Lipinski definition) is 4. The normalized spacial score (nSPS) is 26.3. The summed E-state index contributed by atoms with van der Waals surface area (Å²) in [5.74, 6) is 2.14. The van der Waals surface area contributed by atoms with E-state index in [1.54, 1.807) is 84.9 Å². The van der Waals surface area contributed by atoms with Crippen LogP contribution in [0.3, 0.4) is 0 Å². The minimum Gasteiger partial charge on any atom is -0.391 e. The quantitative estimate of drug-likeness (QED) is 0.237. The number of alkyl halides is 2. The van der Waals surface area contributed by atoms with Crippen LogP contribution in [0.5, 0.6) is 0 Å². The summed E-state index contributed by atoms with van der Waals surface area (Å²) >= 11 is 0. The van der Waals surface area contributed by atoms with Crippen LogP contribution in [-0.4, -0.2) is 38.1 Å². The van der Waals surface area contributed by atoms with Crippen molar-refractivity contribution in [2.45, 2.75) is 68.0 Å². The lowest BCUT2D eigenvalue weighted by molar-refractivity contribution is -0.0946. The molecule has 0 aliphatic heterocycles. The van der Waals surface area contributed by atoms with Crippen molar-refractivity contribution in [3.63, 3.8) is 0 Å². The molecule has 42 heavy (non-hydrogen) atoms. The van der Waals surface area contributed by atoms with Crippen molar-refractivity contribution in [3.8, 4) is 0 Å². The largest absolute Gasteiger partial charge is 0.391 e. The lowest BCUT2D eigenvalue weighted by atomic mass is 9.48. The van der Waals surface area contributed by atoms with Gasteiger partial charge in [0.2, 0.25) is 9.84 Å². The van der Waals surface area contributed by atoms with Crippen molar-refractivity contribution in [3.05, 3.63) is 107 Å². The minimum absolute atomic E-state index is 0.0628. The maximum atomic E-state index is 16.2. The van der Waals surface area contributed by atoms with Gasteiger partial charge in [-0.05, 0) is 91.7 Å². The number of benzene rings is 3. The van der Waals surface area contributed by atoms with Crippen molar-refractivity contribution in [2.75, 3.05) is 13.2 Å². The van der Waals surface area contributed by atoms with Gasteiger partial charge < -0.3 is 9.84 Å². The Morgan fingerprint density at radius 1 is 0.810 bits per heavy atom. The molecule has 4 bridgehead atoms. The number of sulfone groups is 1. The Morgan fingerprint density at radius 3 is 1.74 bits per heavy atom. The van der Waals surface area contributed by atoms with Gasteiger partial charge in [-0.2, -0.15) is 8.78 Å². The van der Waals surface area contributed by atoms with E-state index in [1.807, 2.05) is 6.92 Å². The summed E-state index contributed by atoms with van der Waals surface area (Å²) in [6, 6.07) is 23.1. The Balaban J connectivity index is 1.28. The van der Waals surface area contributed by atoms with E-state index < -0.39 is 32.5 Å². The molecular weight excluding hydrogens is 554 g/mol. The van der Waals surface area contributed by atoms with Crippen LogP contribution in [0.15, 0.2) is 84.9 Å². The van der Waals surface area contributed by atoms with Gasteiger partial charge in [0.1, 0.15) is 6.61 Å². The molecule has 0 heterocycles. The minimum atomic E-state index is -5.32. The highest BCUT2D eigenvalue weighted by molar-refractivity contribution is 7.93. The molecule has 7 heteroatoms. The maximum absolute atomic E-state index is 16.2. The van der Waals surface area contributed by atoms with Gasteiger partial charge in [-0.1, -0.05) is 90.5 Å². The summed E-state index contributed by atoms with van der Waals surface area (Å²) in [4.78, 5) is 0. The van der Waals surface area contributed by atoms with Crippen molar-refractivity contribution in [2.24, 2.45) is 23.2 Å². The zero-order valence-corrected chi connectivity index (χ0v) is 24.9. The summed E-state index contributed by atoms with van der Waals surface area (Å²) in [7, 11) is -5.32. The predicted molar refractivity (Wildman–Crippen MR) is 160 cm³/mol. The molecule has 4 fully saturated rings. The van der Waals surface area contributed by atoms with Crippen LogP contribution in [0, 0.1) is 30.1 Å². The number of rotatable bonds is 11. The van der Waals surface area contributed by atoms with Crippen LogP contribution in [-0.2, 0) is 19.3 Å². The van der Waals surface area contributed by atoms with Gasteiger partial charge in [0, 0.05) is 0 Å². The van der Waals surface area contributed by atoms with Crippen LogP contribution in [0.1, 0.15) is 67.2 Å². The average Bonchev–Trinajstić information content (AvgIpc) is 2.94. The van der Waals surface area contributed by atoms with Crippen LogP contribution in [0.2, 0.25) is 0 Å². The van der Waals surface area contributed by atoms with E-state index in [1.165, 1.54) is 19.3 Å². The second-order valence-corrected chi connectivity index (χ2v) is 15.4. The molecule has 3 aromatic carbocycles. The summed E-state index contributed by atoms with van der Waals surface area (Å²) < 4.78 is 64.5. The fraction of sp³-hybridized carbons (Fsp3) is 0.486. The number of aliphatic hydroxyl groups excluding tert-OH is 1. The number of ether oxygens (including phenoxy) is 1. The van der Waals surface area contributed by atoms with Gasteiger partial charge in [0.15, 0.2) is 4.75 Å². The molecule has 0 amide bonds. The number of hydrogen-bond donors (Lipinski definition) is 1. The smallest absolute Gasteiger partial charge is 0.369 e. The van der Waals surface area contributed by atoms with Crippen molar-refractivity contribution in [1.82, 2.24) is 0 Å². The monoisotopic (exact) mass is 594 g/mol. The van der Waals surface area contributed by atoms with Crippen LogP contribution < -0.4 is 0 Å². The molecule has 224 valence electrons. The molecule has 4 aliphatic carbocycles. The molecule has 4 aliphatic rings. The number of halogens is 2. The molecule has 3 aromatic rings. The first-order chi connectivity index (χ1) is 20.0. The third-order valence-electron chi connectivity index (χ3n) is 10.0. The molecule has 0 radical (unpaired) electrons. The molecule has 0 saturated heterocycles. The van der Waals surface area contributed by atoms with E-state index in [2.05, 4.69) is 0 Å². The number of aliphatic hydroxyl groups is 1. The second-order valence-electron chi connectivity index (χ2n) is 13.2. The molecule has 0 spiro atoms. The fourth-order valence-corrected chi connectivity index (χ4v) is 10.8. The van der Waals surface area contributed by atoms with E-state index in [0.717, 1.165) is 24.8 Å². The van der Waals surface area contributed by atoms with Gasteiger partial charge in [-0.25, -0.2) is 8.42 Å². The Morgan fingerprint density at radius 2 is 1.26 bits per heavy atom. The Bertz CT molecular complexity index is 1400. The lowest BCUT2D eigenvalue weighted by Gasteiger charge is -2.57. The second kappa shape index (κ2) is 11.1. The molecule has 7 rings (SSSR count). The van der Waals surface area contributed by atoms with E-state index in [9.17, 15) is 13.5 Å². The van der Waals surface area contributed by atoms with Crippen LogP contribution in [0.4, 0.5) is 8.78 Å². The van der Waals surface area contributed by atoms with Crippen molar-refractivity contribution < 1.29 is 27.0 Å². The average molecular weight is 595 g/mol. The highest BCUT2D eigenvalue weighted by atomic mass is 32.2. The number of aryl methyl sites for hydroxylation is 1. The van der Waals surface area contributed by atoms with Gasteiger partial charge in [-0.3, -0.25) is 0 Å². The zero-order chi connectivity index (χ0) is 29.6.